The topological polar surface area (TPSA) is 32.7 Å². The first-order valence-electron chi connectivity index (χ1n) is 8.29. The SMILES string of the molecule is CC(C)(C)[Si](C)(C)OC1CC(CO)N(Cc2ccccc2)C1. The van der Waals surface area contributed by atoms with Crippen LogP contribution in [0.25, 0.3) is 0 Å². The summed E-state index contributed by atoms with van der Waals surface area (Å²) in [6.45, 7) is 13.5. The Labute approximate surface area is 136 Å². The summed E-state index contributed by atoms with van der Waals surface area (Å²) >= 11 is 0. The van der Waals surface area contributed by atoms with Gasteiger partial charge < -0.3 is 9.53 Å². The fraction of sp³-hybridized carbons (Fsp3) is 0.667. The van der Waals surface area contributed by atoms with E-state index in [1.807, 2.05) is 6.07 Å². The van der Waals surface area contributed by atoms with Crippen LogP contribution in [0.1, 0.15) is 32.8 Å². The molecule has 0 aliphatic carbocycles. The number of hydrogen-bond acceptors (Lipinski definition) is 3. The number of rotatable bonds is 5. The molecular formula is C18H31NO2Si. The highest BCUT2D eigenvalue weighted by molar-refractivity contribution is 6.74. The third-order valence-electron chi connectivity index (χ3n) is 5.20. The van der Waals surface area contributed by atoms with Crippen molar-refractivity contribution < 1.29 is 9.53 Å². The monoisotopic (exact) mass is 321 g/mol. The van der Waals surface area contributed by atoms with E-state index in [1.165, 1.54) is 5.56 Å². The van der Waals surface area contributed by atoms with E-state index in [9.17, 15) is 5.11 Å². The normalized spacial score (nSPS) is 23.9. The Bertz CT molecular complexity index is 470. The predicted molar refractivity (Wildman–Crippen MR) is 94.4 cm³/mol. The highest BCUT2D eigenvalue weighted by atomic mass is 28.4. The fourth-order valence-corrected chi connectivity index (χ4v) is 4.18. The van der Waals surface area contributed by atoms with Gasteiger partial charge in [0.25, 0.3) is 0 Å². The zero-order valence-electron chi connectivity index (χ0n) is 14.7. The Morgan fingerprint density at radius 2 is 1.86 bits per heavy atom. The van der Waals surface area contributed by atoms with Crippen LogP contribution in [0, 0.1) is 0 Å². The van der Waals surface area contributed by atoms with Crippen molar-refractivity contribution in [2.45, 2.75) is 64.0 Å². The standard InChI is InChI=1S/C18H31NO2Si/c1-18(2,3)22(4,5)21-17-11-16(14-20)19(13-17)12-15-9-7-6-8-10-15/h6-10,16-17,20H,11-14H2,1-5H3. The Hall–Kier alpha value is -0.683. The first-order chi connectivity index (χ1) is 10.2. The second-order valence-corrected chi connectivity index (χ2v) is 12.7. The summed E-state index contributed by atoms with van der Waals surface area (Å²) in [4.78, 5) is 2.37. The summed E-state index contributed by atoms with van der Waals surface area (Å²) in [5.74, 6) is 0. The van der Waals surface area contributed by atoms with Crippen LogP contribution in [0.15, 0.2) is 30.3 Å². The molecule has 0 spiro atoms. The molecule has 1 saturated heterocycles. The van der Waals surface area contributed by atoms with Crippen molar-refractivity contribution in [2.75, 3.05) is 13.2 Å². The minimum atomic E-state index is -1.74. The molecule has 0 bridgehead atoms. The van der Waals surface area contributed by atoms with Crippen molar-refractivity contribution >= 4 is 8.32 Å². The molecule has 0 amide bonds. The Balaban J connectivity index is 2.00. The Morgan fingerprint density at radius 1 is 1.23 bits per heavy atom. The molecule has 1 fully saturated rings. The number of nitrogens with zero attached hydrogens (tertiary/aromatic N) is 1. The van der Waals surface area contributed by atoms with E-state index in [1.54, 1.807) is 0 Å². The van der Waals surface area contributed by atoms with Crippen LogP contribution in [0.4, 0.5) is 0 Å². The lowest BCUT2D eigenvalue weighted by atomic mass is 10.2. The molecule has 2 atom stereocenters. The van der Waals surface area contributed by atoms with Crippen LogP contribution < -0.4 is 0 Å². The average Bonchev–Trinajstić information content (AvgIpc) is 2.79. The summed E-state index contributed by atoms with van der Waals surface area (Å²) < 4.78 is 6.55. The van der Waals surface area contributed by atoms with Crippen molar-refractivity contribution in [1.29, 1.82) is 0 Å². The maximum absolute atomic E-state index is 9.70. The van der Waals surface area contributed by atoms with E-state index in [0.717, 1.165) is 19.5 Å². The van der Waals surface area contributed by atoms with Gasteiger partial charge in [-0.2, -0.15) is 0 Å². The summed E-state index contributed by atoms with van der Waals surface area (Å²) in [6, 6.07) is 10.7. The van der Waals surface area contributed by atoms with E-state index in [0.29, 0.717) is 0 Å². The second-order valence-electron chi connectivity index (χ2n) is 7.99. The van der Waals surface area contributed by atoms with Crippen LogP contribution >= 0.6 is 0 Å². The summed E-state index contributed by atoms with van der Waals surface area (Å²) in [7, 11) is -1.74. The van der Waals surface area contributed by atoms with Crippen LogP contribution in [-0.2, 0) is 11.0 Å². The van der Waals surface area contributed by atoms with Crippen molar-refractivity contribution in [3.05, 3.63) is 35.9 Å². The predicted octanol–water partition coefficient (Wildman–Crippen LogP) is 3.64. The second kappa shape index (κ2) is 6.83. The maximum atomic E-state index is 9.70. The molecule has 0 saturated carbocycles. The molecule has 1 N–H and O–H groups in total. The molecule has 124 valence electrons. The van der Waals surface area contributed by atoms with E-state index >= 15 is 0 Å². The van der Waals surface area contributed by atoms with E-state index in [2.05, 4.69) is 63.0 Å². The van der Waals surface area contributed by atoms with Gasteiger partial charge in [0.1, 0.15) is 0 Å². The molecule has 0 aromatic heterocycles. The van der Waals surface area contributed by atoms with Gasteiger partial charge in [-0.05, 0) is 30.1 Å². The van der Waals surface area contributed by atoms with Gasteiger partial charge in [0.15, 0.2) is 8.32 Å². The Kier molecular flexibility index (Phi) is 5.48. The van der Waals surface area contributed by atoms with Crippen molar-refractivity contribution in [3.8, 4) is 0 Å². The van der Waals surface area contributed by atoms with E-state index in [-0.39, 0.29) is 23.8 Å². The number of hydrogen-bond donors (Lipinski definition) is 1. The first kappa shape index (κ1) is 17.7. The number of aliphatic hydroxyl groups is 1. The van der Waals surface area contributed by atoms with Gasteiger partial charge in [-0.15, -0.1) is 0 Å². The van der Waals surface area contributed by atoms with Crippen molar-refractivity contribution in [3.63, 3.8) is 0 Å². The van der Waals surface area contributed by atoms with Crippen molar-refractivity contribution in [1.82, 2.24) is 4.90 Å². The zero-order valence-corrected chi connectivity index (χ0v) is 15.7. The maximum Gasteiger partial charge on any atom is 0.192 e. The molecule has 2 unspecified atom stereocenters. The lowest BCUT2D eigenvalue weighted by molar-refractivity contribution is 0.150. The van der Waals surface area contributed by atoms with Crippen molar-refractivity contribution in [2.24, 2.45) is 0 Å². The fourth-order valence-electron chi connectivity index (χ4n) is 2.82. The zero-order chi connectivity index (χ0) is 16.4. The third-order valence-corrected chi connectivity index (χ3v) is 9.73. The van der Waals surface area contributed by atoms with Gasteiger partial charge in [0, 0.05) is 19.1 Å². The molecule has 0 radical (unpaired) electrons. The third kappa shape index (κ3) is 4.19. The van der Waals surface area contributed by atoms with E-state index < -0.39 is 8.32 Å². The molecule has 3 nitrogen and oxygen atoms in total. The molecule has 1 aliphatic rings. The summed E-state index contributed by atoms with van der Waals surface area (Å²) in [5.41, 5.74) is 1.30. The lowest BCUT2D eigenvalue weighted by Crippen LogP contribution is -2.44. The minimum Gasteiger partial charge on any atom is -0.413 e. The Morgan fingerprint density at radius 3 is 2.41 bits per heavy atom. The highest BCUT2D eigenvalue weighted by Gasteiger charge is 2.42. The largest absolute Gasteiger partial charge is 0.413 e. The number of aliphatic hydroxyl groups excluding tert-OH is 1. The minimum absolute atomic E-state index is 0.212. The average molecular weight is 322 g/mol. The van der Waals surface area contributed by atoms with Gasteiger partial charge in [-0.3, -0.25) is 4.90 Å². The van der Waals surface area contributed by atoms with Crippen LogP contribution in [-0.4, -0.2) is 43.6 Å². The first-order valence-corrected chi connectivity index (χ1v) is 11.2. The molecule has 1 aromatic carbocycles. The number of likely N-dealkylation sites (tertiary alicyclic amines) is 1. The molecule has 4 heteroatoms. The summed E-state index contributed by atoms with van der Waals surface area (Å²) in [6.07, 6.45) is 1.19. The highest BCUT2D eigenvalue weighted by Crippen LogP contribution is 2.39. The summed E-state index contributed by atoms with van der Waals surface area (Å²) in [5, 5.41) is 9.94. The lowest BCUT2D eigenvalue weighted by Gasteiger charge is -2.38. The smallest absolute Gasteiger partial charge is 0.192 e. The van der Waals surface area contributed by atoms with E-state index in [4.69, 9.17) is 4.43 Å². The molecule has 1 aromatic rings. The van der Waals surface area contributed by atoms with Crippen LogP contribution in [0.2, 0.25) is 18.1 Å². The van der Waals surface area contributed by atoms with Crippen LogP contribution in [0.5, 0.6) is 0 Å². The number of benzene rings is 1. The van der Waals surface area contributed by atoms with Gasteiger partial charge >= 0.3 is 0 Å². The quantitative estimate of drug-likeness (QED) is 0.840. The van der Waals surface area contributed by atoms with Gasteiger partial charge in [-0.1, -0.05) is 51.1 Å². The van der Waals surface area contributed by atoms with Crippen LogP contribution in [0.3, 0.4) is 0 Å². The molecular weight excluding hydrogens is 290 g/mol. The molecule has 1 aliphatic heterocycles. The molecule has 22 heavy (non-hydrogen) atoms. The van der Waals surface area contributed by atoms with Gasteiger partial charge in [0.2, 0.25) is 0 Å². The molecule has 2 rings (SSSR count). The van der Waals surface area contributed by atoms with Gasteiger partial charge in [0.05, 0.1) is 12.7 Å². The van der Waals surface area contributed by atoms with Gasteiger partial charge in [-0.25, -0.2) is 0 Å². The molecule has 1 heterocycles.